The predicted octanol–water partition coefficient (Wildman–Crippen LogP) is 1.53. The van der Waals surface area contributed by atoms with E-state index in [1.54, 1.807) is 6.07 Å². The first kappa shape index (κ1) is 9.31. The fourth-order valence-electron chi connectivity index (χ4n) is 0.811. The van der Waals surface area contributed by atoms with Gasteiger partial charge in [-0.15, -0.1) is 0 Å². The van der Waals surface area contributed by atoms with Crippen molar-refractivity contribution in [3.8, 4) is 0 Å². The number of anilines is 1. The molecule has 0 radical (unpaired) electrons. The van der Waals surface area contributed by atoms with Crippen LogP contribution >= 0.6 is 0 Å². The number of halogens is 1. The Morgan fingerprint density at radius 3 is 2.77 bits per heavy atom. The van der Waals surface area contributed by atoms with Crippen molar-refractivity contribution in [2.75, 3.05) is 11.9 Å². The molecule has 0 saturated carbocycles. The summed E-state index contributed by atoms with van der Waals surface area (Å²) in [6.07, 6.45) is 0. The van der Waals surface area contributed by atoms with E-state index in [2.05, 4.69) is 10.5 Å². The summed E-state index contributed by atoms with van der Waals surface area (Å²) in [6.45, 7) is -0.506. The number of hydrogen-bond acceptors (Lipinski definition) is 3. The summed E-state index contributed by atoms with van der Waals surface area (Å²) in [4.78, 5) is 20.5. The van der Waals surface area contributed by atoms with Crippen molar-refractivity contribution >= 4 is 11.6 Å². The van der Waals surface area contributed by atoms with Crippen LogP contribution in [0.25, 0.3) is 0 Å². The average molecular weight is 182 g/mol. The number of carbonyl (C=O) groups is 1. The zero-order valence-electron chi connectivity index (χ0n) is 6.66. The smallest absolute Gasteiger partial charge is 0.249 e. The monoisotopic (exact) mass is 182 g/mol. The highest BCUT2D eigenvalue weighted by Gasteiger charge is 2.04. The van der Waals surface area contributed by atoms with E-state index in [0.717, 1.165) is 0 Å². The van der Waals surface area contributed by atoms with Crippen LogP contribution in [0.1, 0.15) is 0 Å². The zero-order valence-corrected chi connectivity index (χ0v) is 6.66. The lowest BCUT2D eigenvalue weighted by atomic mass is 10.3. The molecule has 1 N–H and O–H groups in total. The van der Waals surface area contributed by atoms with Gasteiger partial charge >= 0.3 is 0 Å². The van der Waals surface area contributed by atoms with Crippen molar-refractivity contribution in [2.24, 2.45) is 5.18 Å². The van der Waals surface area contributed by atoms with E-state index in [1.807, 2.05) is 0 Å². The van der Waals surface area contributed by atoms with Gasteiger partial charge in [0.15, 0.2) is 6.54 Å². The van der Waals surface area contributed by atoms with Crippen molar-refractivity contribution in [1.29, 1.82) is 0 Å². The van der Waals surface area contributed by atoms with Crippen LogP contribution in [0.4, 0.5) is 10.1 Å². The number of nitrogens with one attached hydrogen (secondary N) is 1. The molecule has 0 spiro atoms. The van der Waals surface area contributed by atoms with E-state index in [1.165, 1.54) is 18.2 Å². The van der Waals surface area contributed by atoms with E-state index in [-0.39, 0.29) is 5.69 Å². The quantitative estimate of drug-likeness (QED) is 0.720. The predicted molar refractivity (Wildman–Crippen MR) is 45.7 cm³/mol. The largest absolute Gasteiger partial charge is 0.322 e. The van der Waals surface area contributed by atoms with Crippen LogP contribution in [0.2, 0.25) is 0 Å². The molecule has 0 aliphatic rings. The standard InChI is InChI=1S/C8H7FN2O2/c9-6-3-1-2-4-7(6)11-8(12)5-10-13/h1-4H,5H2,(H,11,12). The van der Waals surface area contributed by atoms with Crippen LogP contribution in [0.15, 0.2) is 29.4 Å². The second-order valence-corrected chi connectivity index (χ2v) is 2.32. The fourth-order valence-corrected chi connectivity index (χ4v) is 0.811. The van der Waals surface area contributed by atoms with Crippen LogP contribution < -0.4 is 5.32 Å². The van der Waals surface area contributed by atoms with Gasteiger partial charge in [0.1, 0.15) is 5.82 Å². The van der Waals surface area contributed by atoms with E-state index in [9.17, 15) is 14.1 Å². The summed E-state index contributed by atoms with van der Waals surface area (Å²) < 4.78 is 12.9. The lowest BCUT2D eigenvalue weighted by molar-refractivity contribution is -0.114. The van der Waals surface area contributed by atoms with Crippen molar-refractivity contribution in [1.82, 2.24) is 0 Å². The van der Waals surface area contributed by atoms with Crippen LogP contribution in [-0.2, 0) is 4.79 Å². The summed E-state index contributed by atoms with van der Waals surface area (Å²) in [5.74, 6) is -1.16. The maximum absolute atomic E-state index is 12.9. The van der Waals surface area contributed by atoms with Gasteiger partial charge in [-0.05, 0) is 12.1 Å². The van der Waals surface area contributed by atoms with E-state index in [0.29, 0.717) is 0 Å². The molecule has 13 heavy (non-hydrogen) atoms. The van der Waals surface area contributed by atoms with Crippen LogP contribution in [0.5, 0.6) is 0 Å². The molecule has 0 saturated heterocycles. The summed E-state index contributed by atoms with van der Waals surface area (Å²) in [6, 6.07) is 5.69. The molecule has 0 bridgehead atoms. The van der Waals surface area contributed by atoms with Crippen molar-refractivity contribution < 1.29 is 9.18 Å². The Bertz CT molecular complexity index is 328. The topological polar surface area (TPSA) is 58.5 Å². The first-order chi connectivity index (χ1) is 6.24. The molecule has 0 aromatic heterocycles. The van der Waals surface area contributed by atoms with Crippen molar-refractivity contribution in [2.45, 2.75) is 0 Å². The molecule has 1 amide bonds. The maximum Gasteiger partial charge on any atom is 0.249 e. The van der Waals surface area contributed by atoms with Crippen LogP contribution in [0, 0.1) is 10.7 Å². The molecule has 0 fully saturated rings. The Morgan fingerprint density at radius 2 is 2.15 bits per heavy atom. The third kappa shape index (κ3) is 2.62. The lowest BCUT2D eigenvalue weighted by Crippen LogP contribution is -2.15. The molecule has 1 aromatic rings. The van der Waals surface area contributed by atoms with Crippen LogP contribution in [-0.4, -0.2) is 12.5 Å². The average Bonchev–Trinajstić information content (AvgIpc) is 2.09. The van der Waals surface area contributed by atoms with Gasteiger partial charge in [-0.3, -0.25) is 4.79 Å². The van der Waals surface area contributed by atoms with E-state index >= 15 is 0 Å². The second kappa shape index (κ2) is 4.30. The highest BCUT2D eigenvalue weighted by molar-refractivity contribution is 5.92. The molecule has 0 atom stereocenters. The van der Waals surface area contributed by atoms with Gasteiger partial charge in [0.2, 0.25) is 5.91 Å². The molecule has 1 rings (SSSR count). The summed E-state index contributed by atoms with van der Waals surface area (Å²) >= 11 is 0. The lowest BCUT2D eigenvalue weighted by Gasteiger charge is -2.02. The van der Waals surface area contributed by atoms with Gasteiger partial charge in [0.25, 0.3) is 0 Å². The molecule has 4 nitrogen and oxygen atoms in total. The Kier molecular flexibility index (Phi) is 3.08. The first-order valence-corrected chi connectivity index (χ1v) is 3.57. The van der Waals surface area contributed by atoms with Gasteiger partial charge in [-0.2, -0.15) is 4.91 Å². The highest BCUT2D eigenvalue weighted by atomic mass is 19.1. The Labute approximate surface area is 73.7 Å². The Morgan fingerprint density at radius 1 is 1.46 bits per heavy atom. The second-order valence-electron chi connectivity index (χ2n) is 2.32. The number of amides is 1. The minimum Gasteiger partial charge on any atom is -0.322 e. The zero-order chi connectivity index (χ0) is 9.68. The van der Waals surface area contributed by atoms with E-state index in [4.69, 9.17) is 0 Å². The minimum absolute atomic E-state index is 0.0520. The third-order valence-corrected chi connectivity index (χ3v) is 1.36. The number of rotatable bonds is 3. The molecule has 1 aromatic carbocycles. The summed E-state index contributed by atoms with van der Waals surface area (Å²) in [5.41, 5.74) is 0.0520. The van der Waals surface area contributed by atoms with Gasteiger partial charge in [-0.25, -0.2) is 4.39 Å². The molecule has 68 valence electrons. The highest BCUT2D eigenvalue weighted by Crippen LogP contribution is 2.11. The van der Waals surface area contributed by atoms with Crippen LogP contribution in [0.3, 0.4) is 0 Å². The van der Waals surface area contributed by atoms with Gasteiger partial charge in [-0.1, -0.05) is 17.3 Å². The molecule has 0 aliphatic heterocycles. The maximum atomic E-state index is 12.9. The van der Waals surface area contributed by atoms with Crippen molar-refractivity contribution in [3.63, 3.8) is 0 Å². The Hall–Kier alpha value is -1.78. The minimum atomic E-state index is -0.625. The van der Waals surface area contributed by atoms with Gasteiger partial charge < -0.3 is 5.32 Å². The number of para-hydroxylation sites is 1. The molecule has 0 heterocycles. The fraction of sp³-hybridized carbons (Fsp3) is 0.125. The number of hydrogen-bond donors (Lipinski definition) is 1. The number of carbonyl (C=O) groups excluding carboxylic acids is 1. The van der Waals surface area contributed by atoms with Crippen molar-refractivity contribution in [3.05, 3.63) is 35.0 Å². The summed E-state index contributed by atoms with van der Waals surface area (Å²) in [7, 11) is 0. The molecule has 0 unspecified atom stereocenters. The molecule has 0 aliphatic carbocycles. The molecular formula is C8H7FN2O2. The SMILES string of the molecule is O=NCC(=O)Nc1ccccc1F. The van der Waals surface area contributed by atoms with E-state index < -0.39 is 18.3 Å². The third-order valence-electron chi connectivity index (χ3n) is 1.36. The van der Waals surface area contributed by atoms with Gasteiger partial charge in [0, 0.05) is 0 Å². The summed E-state index contributed by atoms with van der Waals surface area (Å²) in [5, 5.41) is 4.58. The number of benzene rings is 1. The Balaban J connectivity index is 2.68. The molecular weight excluding hydrogens is 175 g/mol. The first-order valence-electron chi connectivity index (χ1n) is 3.57. The number of nitroso groups, excluding NO2 is 1. The van der Waals surface area contributed by atoms with Gasteiger partial charge in [0.05, 0.1) is 5.69 Å². The number of nitrogens with zero attached hydrogens (tertiary/aromatic N) is 1. The normalized spacial score (nSPS) is 9.31. The molecule has 5 heteroatoms.